The van der Waals surface area contributed by atoms with Gasteiger partial charge in [-0.25, -0.2) is 4.98 Å². The first-order chi connectivity index (χ1) is 12.5. The molecule has 1 atom stereocenters. The predicted molar refractivity (Wildman–Crippen MR) is 106 cm³/mol. The molecule has 134 valence electrons. The van der Waals surface area contributed by atoms with Crippen LogP contribution in [0.4, 0.5) is 0 Å². The lowest BCUT2D eigenvalue weighted by Crippen LogP contribution is -2.27. The largest absolute Gasteiger partial charge is 0.355 e. The number of aryl methyl sites for hydroxylation is 1. The topological polar surface area (TPSA) is 59.1 Å². The van der Waals surface area contributed by atoms with E-state index >= 15 is 0 Å². The fourth-order valence-electron chi connectivity index (χ4n) is 2.65. The van der Waals surface area contributed by atoms with Gasteiger partial charge in [0.15, 0.2) is 5.78 Å². The molecule has 0 spiro atoms. The summed E-state index contributed by atoms with van der Waals surface area (Å²) in [5.74, 6) is 0.0435. The van der Waals surface area contributed by atoms with Crippen molar-refractivity contribution in [3.05, 3.63) is 64.7 Å². The number of aromatic nitrogens is 1. The van der Waals surface area contributed by atoms with E-state index in [9.17, 15) is 9.59 Å². The maximum atomic E-state index is 12.1. The highest BCUT2D eigenvalue weighted by molar-refractivity contribution is 7.18. The number of carbonyl (C=O) groups excluding carboxylic acids is 2. The molecule has 1 N–H and O–H groups in total. The maximum Gasteiger partial charge on any atom is 0.220 e. The van der Waals surface area contributed by atoms with Crippen molar-refractivity contribution in [2.45, 2.75) is 32.6 Å². The van der Waals surface area contributed by atoms with Crippen molar-refractivity contribution in [3.8, 4) is 0 Å². The Morgan fingerprint density at radius 2 is 1.81 bits per heavy atom. The van der Waals surface area contributed by atoms with Gasteiger partial charge in [-0.05, 0) is 19.1 Å². The van der Waals surface area contributed by atoms with Crippen LogP contribution in [-0.2, 0) is 4.79 Å². The summed E-state index contributed by atoms with van der Waals surface area (Å²) in [5, 5.41) is 3.93. The number of hydrogen-bond donors (Lipinski definition) is 1. The summed E-state index contributed by atoms with van der Waals surface area (Å²) in [6.45, 7) is 4.56. The minimum Gasteiger partial charge on any atom is -0.355 e. The summed E-state index contributed by atoms with van der Waals surface area (Å²) in [4.78, 5) is 28.8. The second-order valence-corrected chi connectivity index (χ2v) is 7.58. The molecule has 1 aromatic heterocycles. The normalized spacial score (nSPS) is 12.1. The monoisotopic (exact) mass is 366 g/mol. The Morgan fingerprint density at radius 1 is 1.08 bits per heavy atom. The summed E-state index contributed by atoms with van der Waals surface area (Å²) in [6, 6.07) is 15.5. The number of nitrogens with one attached hydrogen (secondary N) is 1. The Kier molecular flexibility index (Phi) is 5.78. The van der Waals surface area contributed by atoms with E-state index in [1.54, 1.807) is 11.3 Å². The van der Waals surface area contributed by atoms with Crippen molar-refractivity contribution in [1.82, 2.24) is 10.3 Å². The van der Waals surface area contributed by atoms with Gasteiger partial charge < -0.3 is 5.32 Å². The molecular formula is C21H22N2O2S. The lowest BCUT2D eigenvalue weighted by Gasteiger charge is -2.10. The quantitative estimate of drug-likeness (QED) is 0.627. The van der Waals surface area contributed by atoms with Crippen LogP contribution in [0.3, 0.4) is 0 Å². The Morgan fingerprint density at radius 3 is 2.54 bits per heavy atom. The second-order valence-electron chi connectivity index (χ2n) is 6.51. The molecule has 2 aromatic carbocycles. The third-order valence-corrected chi connectivity index (χ3v) is 5.56. The number of amides is 1. The molecule has 0 aliphatic rings. The van der Waals surface area contributed by atoms with Crippen molar-refractivity contribution < 1.29 is 9.59 Å². The van der Waals surface area contributed by atoms with Crippen molar-refractivity contribution in [3.63, 3.8) is 0 Å². The number of ketones is 1. The van der Waals surface area contributed by atoms with Crippen LogP contribution in [0.1, 0.15) is 46.6 Å². The number of carbonyl (C=O) groups is 2. The molecule has 0 saturated carbocycles. The van der Waals surface area contributed by atoms with Crippen LogP contribution < -0.4 is 5.32 Å². The highest BCUT2D eigenvalue weighted by Crippen LogP contribution is 2.26. The SMILES string of the molecule is Cc1ccc(C(=O)CCC(=O)NCC(C)c2nc3ccccc3s2)cc1. The summed E-state index contributed by atoms with van der Waals surface area (Å²) in [5.41, 5.74) is 2.77. The van der Waals surface area contributed by atoms with Gasteiger partial charge in [-0.15, -0.1) is 11.3 Å². The molecule has 1 amide bonds. The van der Waals surface area contributed by atoms with Crippen molar-refractivity contribution in [1.29, 1.82) is 0 Å². The van der Waals surface area contributed by atoms with Gasteiger partial charge in [0.05, 0.1) is 15.2 Å². The van der Waals surface area contributed by atoms with Crippen molar-refractivity contribution in [2.75, 3.05) is 6.54 Å². The Bertz CT molecular complexity index is 882. The number of Topliss-reactive ketones (excluding diaryl/α,β-unsaturated/α-hetero) is 1. The molecule has 0 fully saturated rings. The molecule has 5 heteroatoms. The maximum absolute atomic E-state index is 12.1. The number of benzene rings is 2. The number of rotatable bonds is 7. The predicted octanol–water partition coefficient (Wildman–Crippen LogP) is 4.49. The number of hydrogen-bond acceptors (Lipinski definition) is 4. The number of fused-ring (bicyclic) bond motifs is 1. The molecule has 0 aliphatic carbocycles. The van der Waals surface area contributed by atoms with Crippen molar-refractivity contribution >= 4 is 33.2 Å². The van der Waals surface area contributed by atoms with Crippen LogP contribution in [0.15, 0.2) is 48.5 Å². The van der Waals surface area contributed by atoms with Crippen LogP contribution in [0.2, 0.25) is 0 Å². The molecule has 3 rings (SSSR count). The van der Waals surface area contributed by atoms with Gasteiger partial charge in [-0.1, -0.05) is 48.9 Å². The average molecular weight is 366 g/mol. The highest BCUT2D eigenvalue weighted by Gasteiger charge is 2.14. The number of thiazole rings is 1. The zero-order valence-corrected chi connectivity index (χ0v) is 15.8. The van der Waals surface area contributed by atoms with Gasteiger partial charge in [-0.3, -0.25) is 9.59 Å². The molecule has 0 radical (unpaired) electrons. The Balaban J connectivity index is 1.47. The van der Waals surface area contributed by atoms with Gasteiger partial charge in [0.2, 0.25) is 5.91 Å². The van der Waals surface area contributed by atoms with E-state index in [0.717, 1.165) is 20.8 Å². The summed E-state index contributed by atoms with van der Waals surface area (Å²) in [6.07, 6.45) is 0.434. The standard InChI is InChI=1S/C21H22N2O2S/c1-14-7-9-16(10-8-14)18(24)11-12-20(25)22-13-15(2)21-23-17-5-3-4-6-19(17)26-21/h3-10,15H,11-13H2,1-2H3,(H,22,25). The van der Waals surface area contributed by atoms with Crippen LogP contribution >= 0.6 is 11.3 Å². The summed E-state index contributed by atoms with van der Waals surface area (Å²) in [7, 11) is 0. The molecule has 0 aliphatic heterocycles. The first-order valence-electron chi connectivity index (χ1n) is 8.75. The zero-order chi connectivity index (χ0) is 18.5. The molecule has 26 heavy (non-hydrogen) atoms. The summed E-state index contributed by atoms with van der Waals surface area (Å²) >= 11 is 1.66. The van der Waals surface area contributed by atoms with E-state index < -0.39 is 0 Å². The fourth-order valence-corrected chi connectivity index (χ4v) is 3.67. The average Bonchev–Trinajstić information content (AvgIpc) is 3.09. The van der Waals surface area contributed by atoms with E-state index in [2.05, 4.69) is 23.3 Å². The van der Waals surface area contributed by atoms with Gasteiger partial charge >= 0.3 is 0 Å². The molecule has 4 nitrogen and oxygen atoms in total. The van der Waals surface area contributed by atoms with E-state index in [1.807, 2.05) is 49.4 Å². The van der Waals surface area contributed by atoms with Gasteiger partial charge in [0.25, 0.3) is 0 Å². The van der Waals surface area contributed by atoms with Crippen molar-refractivity contribution in [2.24, 2.45) is 0 Å². The van der Waals surface area contributed by atoms with Gasteiger partial charge in [0, 0.05) is 30.9 Å². The summed E-state index contributed by atoms with van der Waals surface area (Å²) < 4.78 is 1.16. The molecule has 3 aromatic rings. The second kappa shape index (κ2) is 8.23. The Hall–Kier alpha value is -2.53. The molecule has 1 unspecified atom stereocenters. The number of nitrogens with zero attached hydrogens (tertiary/aromatic N) is 1. The van der Waals surface area contributed by atoms with Crippen LogP contribution in [0.5, 0.6) is 0 Å². The van der Waals surface area contributed by atoms with Crippen LogP contribution in [0, 0.1) is 6.92 Å². The zero-order valence-electron chi connectivity index (χ0n) is 15.0. The van der Waals surface area contributed by atoms with E-state index in [1.165, 1.54) is 0 Å². The Labute approximate surface area is 157 Å². The van der Waals surface area contributed by atoms with E-state index in [4.69, 9.17) is 0 Å². The minimum absolute atomic E-state index is 0.000582. The van der Waals surface area contributed by atoms with E-state index in [0.29, 0.717) is 12.1 Å². The molecule has 0 saturated heterocycles. The molecule has 1 heterocycles. The third-order valence-electron chi connectivity index (χ3n) is 4.29. The molecule has 0 bridgehead atoms. The van der Waals surface area contributed by atoms with Gasteiger partial charge in [0.1, 0.15) is 0 Å². The highest BCUT2D eigenvalue weighted by atomic mass is 32.1. The third kappa shape index (κ3) is 4.55. The van der Waals surface area contributed by atoms with Crippen LogP contribution in [0.25, 0.3) is 10.2 Å². The fraction of sp³-hybridized carbons (Fsp3) is 0.286. The van der Waals surface area contributed by atoms with Crippen LogP contribution in [-0.4, -0.2) is 23.2 Å². The van der Waals surface area contributed by atoms with E-state index in [-0.39, 0.29) is 30.4 Å². The lowest BCUT2D eigenvalue weighted by atomic mass is 10.0. The lowest BCUT2D eigenvalue weighted by molar-refractivity contribution is -0.121. The smallest absolute Gasteiger partial charge is 0.220 e. The minimum atomic E-state index is -0.0987. The first kappa shape index (κ1) is 18.3. The van der Waals surface area contributed by atoms with Gasteiger partial charge in [-0.2, -0.15) is 0 Å². The number of para-hydroxylation sites is 1. The first-order valence-corrected chi connectivity index (χ1v) is 9.56. The molecular weight excluding hydrogens is 344 g/mol.